The third-order valence-corrected chi connectivity index (χ3v) is 6.52. The first kappa shape index (κ1) is 19.5. The van der Waals surface area contributed by atoms with Gasteiger partial charge in [-0.25, -0.2) is 17.9 Å². The maximum atomic E-state index is 12.8. The number of carbonyl (C=O) groups is 1. The second-order valence-corrected chi connectivity index (χ2v) is 8.58. The summed E-state index contributed by atoms with van der Waals surface area (Å²) in [5, 5.41) is 14.1. The third-order valence-electron chi connectivity index (χ3n) is 4.76. The summed E-state index contributed by atoms with van der Waals surface area (Å²) in [6, 6.07) is 18.7. The molecule has 0 saturated heterocycles. The highest BCUT2D eigenvalue weighted by Gasteiger charge is 2.18. The van der Waals surface area contributed by atoms with Crippen LogP contribution < -0.4 is 5.56 Å². The molecule has 0 fully saturated rings. The van der Waals surface area contributed by atoms with E-state index >= 15 is 0 Å². The maximum Gasteiger partial charge on any atom is 0.336 e. The molecule has 4 rings (SSSR count). The van der Waals surface area contributed by atoms with Gasteiger partial charge < -0.3 is 5.11 Å². The number of hydrogen-bond donors (Lipinski definition) is 1. The number of carboxylic acids is 1. The van der Waals surface area contributed by atoms with Crippen LogP contribution >= 0.6 is 0 Å². The van der Waals surface area contributed by atoms with Gasteiger partial charge >= 0.3 is 5.97 Å². The average Bonchev–Trinajstić information content (AvgIpc) is 2.76. The lowest BCUT2D eigenvalue weighted by Gasteiger charge is -2.10. The summed E-state index contributed by atoms with van der Waals surface area (Å²) < 4.78 is 26.8. The Morgan fingerprint density at radius 3 is 2.37 bits per heavy atom. The zero-order valence-corrected chi connectivity index (χ0v) is 16.4. The van der Waals surface area contributed by atoms with Crippen LogP contribution in [0.25, 0.3) is 10.8 Å². The second-order valence-electron chi connectivity index (χ2n) is 6.64. The Morgan fingerprint density at radius 1 is 0.933 bits per heavy atom. The summed E-state index contributed by atoms with van der Waals surface area (Å²) in [6.07, 6.45) is 1.41. The summed E-state index contributed by atoms with van der Waals surface area (Å²) in [5.74, 6) is -1.09. The largest absolute Gasteiger partial charge is 0.478 e. The number of aromatic nitrogens is 2. The molecular weight excluding hydrogens is 404 g/mol. The van der Waals surface area contributed by atoms with E-state index in [0.29, 0.717) is 16.3 Å². The number of nitrogens with zero attached hydrogens (tertiary/aromatic N) is 2. The van der Waals surface area contributed by atoms with Crippen molar-refractivity contribution < 1.29 is 18.3 Å². The molecule has 0 spiro atoms. The van der Waals surface area contributed by atoms with Crippen molar-refractivity contribution in [1.82, 2.24) is 9.78 Å². The Morgan fingerprint density at radius 2 is 1.63 bits per heavy atom. The van der Waals surface area contributed by atoms with E-state index in [1.165, 1.54) is 42.6 Å². The Labute approximate surface area is 171 Å². The van der Waals surface area contributed by atoms with Gasteiger partial charge in [0, 0.05) is 5.39 Å². The van der Waals surface area contributed by atoms with Crippen LogP contribution in [-0.2, 0) is 16.4 Å². The maximum absolute atomic E-state index is 12.8. The Kier molecular flexibility index (Phi) is 4.93. The molecule has 7 nitrogen and oxygen atoms in total. The quantitative estimate of drug-likeness (QED) is 0.532. The molecule has 0 aliphatic heterocycles. The van der Waals surface area contributed by atoms with Crippen molar-refractivity contribution in [3.8, 4) is 0 Å². The molecular formula is C22H16N2O5S. The van der Waals surface area contributed by atoms with E-state index in [1.54, 1.807) is 36.4 Å². The molecule has 0 aliphatic carbocycles. The molecule has 0 aliphatic rings. The molecule has 4 aromatic rings. The lowest BCUT2D eigenvalue weighted by atomic mass is 10.1. The van der Waals surface area contributed by atoms with E-state index in [2.05, 4.69) is 5.10 Å². The van der Waals surface area contributed by atoms with Crippen LogP contribution in [0.15, 0.2) is 93.6 Å². The number of carboxylic acid groups (broad SMARTS) is 1. The minimum absolute atomic E-state index is 0.0126. The fourth-order valence-electron chi connectivity index (χ4n) is 3.21. The minimum atomic E-state index is -3.72. The van der Waals surface area contributed by atoms with Crippen LogP contribution in [0.4, 0.5) is 0 Å². The number of hydrogen-bond acceptors (Lipinski definition) is 5. The van der Waals surface area contributed by atoms with Crippen molar-refractivity contribution in [1.29, 1.82) is 0 Å². The third kappa shape index (κ3) is 3.48. The van der Waals surface area contributed by atoms with Gasteiger partial charge in [0.1, 0.15) is 0 Å². The standard InChI is InChI=1S/C22H16N2O5S/c25-21-19-11-10-18(30(28,29)17-7-2-1-3-8-17)12-16(19)13-23-24(21)14-15-6-4-5-9-20(15)22(26)27/h1-13H,14H2,(H,26,27). The zero-order valence-electron chi connectivity index (χ0n) is 15.6. The predicted octanol–water partition coefficient (Wildman–Crippen LogP) is 2.98. The van der Waals surface area contributed by atoms with Crippen LogP contribution in [0.2, 0.25) is 0 Å². The van der Waals surface area contributed by atoms with Crippen molar-refractivity contribution in [3.05, 3.63) is 100 Å². The molecule has 3 aromatic carbocycles. The van der Waals surface area contributed by atoms with E-state index in [4.69, 9.17) is 0 Å². The van der Waals surface area contributed by atoms with E-state index in [9.17, 15) is 23.1 Å². The highest BCUT2D eigenvalue weighted by atomic mass is 32.2. The van der Waals surface area contributed by atoms with Crippen molar-refractivity contribution in [2.75, 3.05) is 0 Å². The van der Waals surface area contributed by atoms with Crippen LogP contribution in [0.1, 0.15) is 15.9 Å². The molecule has 30 heavy (non-hydrogen) atoms. The predicted molar refractivity (Wildman–Crippen MR) is 110 cm³/mol. The Balaban J connectivity index is 1.76. The molecule has 0 saturated carbocycles. The fourth-order valence-corrected chi connectivity index (χ4v) is 4.53. The van der Waals surface area contributed by atoms with Crippen molar-refractivity contribution >= 4 is 26.6 Å². The average molecular weight is 420 g/mol. The molecule has 150 valence electrons. The number of benzene rings is 3. The first-order valence-corrected chi connectivity index (χ1v) is 10.5. The number of sulfone groups is 1. The first-order valence-electron chi connectivity index (χ1n) is 8.99. The lowest BCUT2D eigenvalue weighted by molar-refractivity contribution is 0.0695. The summed E-state index contributed by atoms with van der Waals surface area (Å²) in [4.78, 5) is 24.5. The summed E-state index contributed by atoms with van der Waals surface area (Å²) in [5.41, 5.74) is 0.106. The van der Waals surface area contributed by atoms with Crippen molar-refractivity contribution in [3.63, 3.8) is 0 Å². The highest BCUT2D eigenvalue weighted by molar-refractivity contribution is 7.91. The Hall–Kier alpha value is -3.78. The van der Waals surface area contributed by atoms with Gasteiger partial charge in [0.05, 0.1) is 33.5 Å². The first-order chi connectivity index (χ1) is 14.4. The lowest BCUT2D eigenvalue weighted by Crippen LogP contribution is -2.24. The molecule has 0 radical (unpaired) electrons. The molecule has 1 aromatic heterocycles. The molecule has 8 heteroatoms. The molecule has 0 bridgehead atoms. The van der Waals surface area contributed by atoms with Gasteiger partial charge in [-0.15, -0.1) is 0 Å². The topological polar surface area (TPSA) is 106 Å². The highest BCUT2D eigenvalue weighted by Crippen LogP contribution is 2.23. The molecule has 0 unspecified atom stereocenters. The summed E-state index contributed by atoms with van der Waals surface area (Å²) >= 11 is 0. The van der Waals surface area contributed by atoms with E-state index in [1.807, 2.05) is 0 Å². The zero-order chi connectivity index (χ0) is 21.3. The van der Waals surface area contributed by atoms with Gasteiger partial charge in [0.2, 0.25) is 9.84 Å². The van der Waals surface area contributed by atoms with Crippen molar-refractivity contribution in [2.24, 2.45) is 0 Å². The number of aromatic carboxylic acids is 1. The van der Waals surface area contributed by atoms with Crippen LogP contribution in [0, 0.1) is 0 Å². The monoisotopic (exact) mass is 420 g/mol. The van der Waals surface area contributed by atoms with Gasteiger partial charge in [-0.1, -0.05) is 36.4 Å². The Bertz CT molecular complexity index is 1430. The second kappa shape index (κ2) is 7.57. The normalized spacial score (nSPS) is 11.5. The van der Waals surface area contributed by atoms with Gasteiger partial charge in [-0.2, -0.15) is 5.10 Å². The van der Waals surface area contributed by atoms with Gasteiger partial charge in [-0.3, -0.25) is 4.79 Å². The molecule has 1 heterocycles. The van der Waals surface area contributed by atoms with Gasteiger partial charge in [-0.05, 0) is 42.0 Å². The smallest absolute Gasteiger partial charge is 0.336 e. The van der Waals surface area contributed by atoms with Crippen LogP contribution in [0.5, 0.6) is 0 Å². The van der Waals surface area contributed by atoms with E-state index in [-0.39, 0.29) is 21.9 Å². The summed E-state index contributed by atoms with van der Waals surface area (Å²) in [7, 11) is -3.72. The molecule has 0 atom stereocenters. The van der Waals surface area contributed by atoms with E-state index in [0.717, 1.165) is 4.68 Å². The SMILES string of the molecule is O=C(O)c1ccccc1Cn1ncc2cc(S(=O)(=O)c3ccccc3)ccc2c1=O. The molecule has 0 amide bonds. The fraction of sp³-hybridized carbons (Fsp3) is 0.0455. The van der Waals surface area contributed by atoms with Crippen LogP contribution in [-0.4, -0.2) is 29.3 Å². The van der Waals surface area contributed by atoms with Gasteiger partial charge in [0.15, 0.2) is 0 Å². The van der Waals surface area contributed by atoms with Gasteiger partial charge in [0.25, 0.3) is 5.56 Å². The summed E-state index contributed by atoms with van der Waals surface area (Å²) in [6.45, 7) is -0.0126. The number of rotatable bonds is 5. The minimum Gasteiger partial charge on any atom is -0.478 e. The van der Waals surface area contributed by atoms with Crippen molar-refractivity contribution in [2.45, 2.75) is 16.3 Å². The molecule has 1 N–H and O–H groups in total. The number of fused-ring (bicyclic) bond motifs is 1. The van der Waals surface area contributed by atoms with Crippen LogP contribution in [0.3, 0.4) is 0 Å². The van der Waals surface area contributed by atoms with E-state index < -0.39 is 21.4 Å².